The highest BCUT2D eigenvalue weighted by molar-refractivity contribution is 7.19. The van der Waals surface area contributed by atoms with E-state index in [1.54, 1.807) is 35.6 Å². The van der Waals surface area contributed by atoms with Gasteiger partial charge in [-0.1, -0.05) is 18.2 Å². The van der Waals surface area contributed by atoms with Crippen LogP contribution in [0, 0.1) is 11.6 Å². The summed E-state index contributed by atoms with van der Waals surface area (Å²) in [6.07, 6.45) is 0.770. The summed E-state index contributed by atoms with van der Waals surface area (Å²) >= 11 is 1.59. The number of rotatable bonds is 4. The zero-order valence-corrected chi connectivity index (χ0v) is 12.4. The molecule has 1 heterocycles. The van der Waals surface area contributed by atoms with E-state index in [0.29, 0.717) is 0 Å². The van der Waals surface area contributed by atoms with Crippen LogP contribution in [0.3, 0.4) is 0 Å². The Kier molecular flexibility index (Phi) is 3.99. The summed E-state index contributed by atoms with van der Waals surface area (Å²) < 4.78 is 27.2. The number of thiophene rings is 1. The Labute approximate surface area is 126 Å². The molecule has 3 aromatic rings. The van der Waals surface area contributed by atoms with Gasteiger partial charge in [0.25, 0.3) is 0 Å². The molecule has 0 spiro atoms. The van der Waals surface area contributed by atoms with Crippen molar-refractivity contribution in [1.82, 2.24) is 5.32 Å². The van der Waals surface area contributed by atoms with Crippen molar-refractivity contribution in [3.8, 4) is 0 Å². The summed E-state index contributed by atoms with van der Waals surface area (Å²) in [4.78, 5) is 1.16. The highest BCUT2D eigenvalue weighted by atomic mass is 32.1. The van der Waals surface area contributed by atoms with Crippen LogP contribution in [0.1, 0.15) is 16.5 Å². The van der Waals surface area contributed by atoms with Crippen molar-refractivity contribution in [1.29, 1.82) is 0 Å². The molecule has 1 nitrogen and oxygen atoms in total. The van der Waals surface area contributed by atoms with Gasteiger partial charge >= 0.3 is 0 Å². The first-order valence-corrected chi connectivity index (χ1v) is 7.58. The van der Waals surface area contributed by atoms with Crippen LogP contribution in [0.2, 0.25) is 0 Å². The fraction of sp³-hybridized carbons (Fsp3) is 0.176. The van der Waals surface area contributed by atoms with E-state index in [0.717, 1.165) is 26.9 Å². The highest BCUT2D eigenvalue weighted by Crippen LogP contribution is 2.31. The van der Waals surface area contributed by atoms with E-state index in [4.69, 9.17) is 0 Å². The van der Waals surface area contributed by atoms with Crippen molar-refractivity contribution in [2.75, 3.05) is 7.05 Å². The van der Waals surface area contributed by atoms with Gasteiger partial charge in [-0.15, -0.1) is 11.3 Å². The highest BCUT2D eigenvalue weighted by Gasteiger charge is 2.14. The van der Waals surface area contributed by atoms with Crippen molar-refractivity contribution in [3.05, 3.63) is 70.6 Å². The molecule has 0 saturated carbocycles. The summed E-state index contributed by atoms with van der Waals surface area (Å²) in [5, 5.41) is 4.33. The lowest BCUT2D eigenvalue weighted by Gasteiger charge is -2.14. The second-order valence-electron chi connectivity index (χ2n) is 5.00. The van der Waals surface area contributed by atoms with E-state index in [9.17, 15) is 8.78 Å². The number of nitrogens with one attached hydrogen (secondary N) is 1. The van der Waals surface area contributed by atoms with Crippen molar-refractivity contribution in [3.63, 3.8) is 0 Å². The predicted octanol–water partition coefficient (Wildman–Crippen LogP) is 4.68. The Morgan fingerprint density at radius 2 is 1.71 bits per heavy atom. The van der Waals surface area contributed by atoms with Gasteiger partial charge in [0.05, 0.1) is 0 Å². The fourth-order valence-corrected chi connectivity index (χ4v) is 3.60. The molecule has 1 atom stereocenters. The standard InChI is InChI=1S/C17H15F2NS/c1-20-15(8-11-2-5-13(18)6-3-11)17-9-12-4-7-14(19)10-16(12)21-17/h2-7,9-10,15,20H,8H2,1H3. The van der Waals surface area contributed by atoms with Gasteiger partial charge in [0, 0.05) is 15.6 Å². The molecule has 0 radical (unpaired) electrons. The molecule has 0 aliphatic heterocycles. The van der Waals surface area contributed by atoms with Gasteiger partial charge in [-0.05, 0) is 54.8 Å². The molecule has 0 fully saturated rings. The third-order valence-electron chi connectivity index (χ3n) is 3.55. The van der Waals surface area contributed by atoms with E-state index < -0.39 is 0 Å². The Morgan fingerprint density at radius 3 is 2.43 bits per heavy atom. The number of benzene rings is 2. The van der Waals surface area contributed by atoms with E-state index in [1.807, 2.05) is 7.05 Å². The monoisotopic (exact) mass is 303 g/mol. The van der Waals surface area contributed by atoms with E-state index in [-0.39, 0.29) is 17.7 Å². The molecular formula is C17H15F2NS. The lowest BCUT2D eigenvalue weighted by atomic mass is 10.0. The van der Waals surface area contributed by atoms with Crippen LogP contribution in [0.4, 0.5) is 8.78 Å². The van der Waals surface area contributed by atoms with Gasteiger partial charge in [-0.2, -0.15) is 0 Å². The molecule has 1 aromatic heterocycles. The first-order valence-electron chi connectivity index (χ1n) is 6.76. The number of hydrogen-bond donors (Lipinski definition) is 1. The third-order valence-corrected chi connectivity index (χ3v) is 4.76. The number of halogens is 2. The maximum atomic E-state index is 13.3. The molecule has 3 rings (SSSR count). The van der Waals surface area contributed by atoms with Crippen molar-refractivity contribution >= 4 is 21.4 Å². The molecule has 0 bridgehead atoms. The fourth-order valence-electron chi connectivity index (χ4n) is 2.40. The van der Waals surface area contributed by atoms with Gasteiger partial charge < -0.3 is 5.32 Å². The molecular weight excluding hydrogens is 288 g/mol. The van der Waals surface area contributed by atoms with E-state index in [1.165, 1.54) is 18.2 Å². The summed E-state index contributed by atoms with van der Waals surface area (Å²) in [7, 11) is 1.90. The average Bonchev–Trinajstić information content (AvgIpc) is 2.89. The first-order chi connectivity index (χ1) is 10.2. The van der Waals surface area contributed by atoms with Crippen molar-refractivity contribution < 1.29 is 8.78 Å². The molecule has 0 saturated heterocycles. The number of hydrogen-bond acceptors (Lipinski definition) is 2. The van der Waals surface area contributed by atoms with Crippen LogP contribution in [0.5, 0.6) is 0 Å². The SMILES string of the molecule is CNC(Cc1ccc(F)cc1)c1cc2ccc(F)cc2s1. The molecule has 1 N–H and O–H groups in total. The van der Waals surface area contributed by atoms with Crippen molar-refractivity contribution in [2.24, 2.45) is 0 Å². The van der Waals surface area contributed by atoms with Gasteiger partial charge in [0.2, 0.25) is 0 Å². The Bertz CT molecular complexity index is 749. The molecule has 4 heteroatoms. The lowest BCUT2D eigenvalue weighted by Crippen LogP contribution is -2.17. The van der Waals surface area contributed by atoms with Gasteiger partial charge in [0.1, 0.15) is 11.6 Å². The largest absolute Gasteiger partial charge is 0.312 e. The summed E-state index contributed by atoms with van der Waals surface area (Å²) in [5.41, 5.74) is 1.07. The zero-order chi connectivity index (χ0) is 14.8. The minimum atomic E-state index is -0.225. The third kappa shape index (κ3) is 3.12. The molecule has 0 aliphatic rings. The van der Waals surface area contributed by atoms with Gasteiger partial charge in [0.15, 0.2) is 0 Å². The second kappa shape index (κ2) is 5.92. The lowest BCUT2D eigenvalue weighted by molar-refractivity contribution is 0.598. The first kappa shape index (κ1) is 14.2. The van der Waals surface area contributed by atoms with Crippen LogP contribution in [0.15, 0.2) is 48.5 Å². The molecule has 1 unspecified atom stereocenters. The average molecular weight is 303 g/mol. The van der Waals surface area contributed by atoms with Crippen LogP contribution >= 0.6 is 11.3 Å². The topological polar surface area (TPSA) is 12.0 Å². The molecule has 0 amide bonds. The Balaban J connectivity index is 1.88. The minimum Gasteiger partial charge on any atom is -0.312 e. The summed E-state index contributed by atoms with van der Waals surface area (Å²) in [6.45, 7) is 0. The predicted molar refractivity (Wildman–Crippen MR) is 83.7 cm³/mol. The van der Waals surface area contributed by atoms with Crippen LogP contribution in [0.25, 0.3) is 10.1 Å². The Morgan fingerprint density at radius 1 is 1.00 bits per heavy atom. The summed E-state index contributed by atoms with van der Waals surface area (Å²) in [5.74, 6) is -0.437. The second-order valence-corrected chi connectivity index (χ2v) is 6.12. The van der Waals surface area contributed by atoms with Crippen LogP contribution < -0.4 is 5.32 Å². The Hall–Kier alpha value is -1.78. The number of likely N-dealkylation sites (N-methyl/N-ethyl adjacent to an activating group) is 1. The van der Waals surface area contributed by atoms with Gasteiger partial charge in [-0.3, -0.25) is 0 Å². The molecule has 0 aliphatic carbocycles. The van der Waals surface area contributed by atoms with Crippen LogP contribution in [-0.2, 0) is 6.42 Å². The maximum Gasteiger partial charge on any atom is 0.124 e. The summed E-state index contributed by atoms with van der Waals surface area (Å²) in [6, 6.07) is 13.6. The van der Waals surface area contributed by atoms with Gasteiger partial charge in [-0.25, -0.2) is 8.78 Å². The van der Waals surface area contributed by atoms with Crippen LogP contribution in [-0.4, -0.2) is 7.05 Å². The van der Waals surface area contributed by atoms with Crippen molar-refractivity contribution in [2.45, 2.75) is 12.5 Å². The van der Waals surface area contributed by atoms with E-state index in [2.05, 4.69) is 11.4 Å². The minimum absolute atomic E-state index is 0.135. The normalized spacial score (nSPS) is 12.7. The maximum absolute atomic E-state index is 13.3. The quantitative estimate of drug-likeness (QED) is 0.738. The molecule has 108 valence electrons. The van der Waals surface area contributed by atoms with E-state index >= 15 is 0 Å². The smallest absolute Gasteiger partial charge is 0.124 e. The zero-order valence-electron chi connectivity index (χ0n) is 11.6. The molecule has 2 aromatic carbocycles. The number of fused-ring (bicyclic) bond motifs is 1. The molecule has 21 heavy (non-hydrogen) atoms.